The molecule has 5 nitrogen and oxygen atoms in total. The highest BCUT2D eigenvalue weighted by atomic mass is 16.1. The lowest BCUT2D eigenvalue weighted by Gasteiger charge is -2.33. The summed E-state index contributed by atoms with van der Waals surface area (Å²) in [4.78, 5) is 17.9. The van der Waals surface area contributed by atoms with Gasteiger partial charge in [0, 0.05) is 43.0 Å². The summed E-state index contributed by atoms with van der Waals surface area (Å²) >= 11 is 0. The van der Waals surface area contributed by atoms with E-state index in [1.54, 1.807) is 0 Å². The molecule has 3 rings (SSSR count). The van der Waals surface area contributed by atoms with Gasteiger partial charge in [-0.05, 0) is 25.3 Å². The Bertz CT molecular complexity index is 466. The first-order valence-corrected chi connectivity index (χ1v) is 6.51. The van der Waals surface area contributed by atoms with Gasteiger partial charge in [-0.1, -0.05) is 0 Å². The fraction of sp³-hybridized carbons (Fsp3) is 0.538. The SMILES string of the molecule is NC(=O)C1CCN(c2ccnc3c2CCN3)CC1. The van der Waals surface area contributed by atoms with Crippen LogP contribution in [0.3, 0.4) is 0 Å². The second kappa shape index (κ2) is 4.48. The Balaban J connectivity index is 1.77. The van der Waals surface area contributed by atoms with Gasteiger partial charge < -0.3 is 16.0 Å². The molecule has 0 bridgehead atoms. The molecule has 0 spiro atoms. The number of amides is 1. The first-order valence-electron chi connectivity index (χ1n) is 6.51. The van der Waals surface area contributed by atoms with Crippen LogP contribution in [0.15, 0.2) is 12.3 Å². The van der Waals surface area contributed by atoms with Gasteiger partial charge in [0.05, 0.1) is 0 Å². The maximum Gasteiger partial charge on any atom is 0.220 e. The van der Waals surface area contributed by atoms with Crippen LogP contribution < -0.4 is 16.0 Å². The number of rotatable bonds is 2. The van der Waals surface area contributed by atoms with Crippen LogP contribution in [0, 0.1) is 5.92 Å². The topological polar surface area (TPSA) is 71.2 Å². The van der Waals surface area contributed by atoms with Crippen molar-refractivity contribution in [2.75, 3.05) is 29.9 Å². The lowest BCUT2D eigenvalue weighted by molar-refractivity contribution is -0.122. The van der Waals surface area contributed by atoms with Crippen LogP contribution in [-0.2, 0) is 11.2 Å². The molecular weight excluding hydrogens is 228 g/mol. The molecule has 0 unspecified atom stereocenters. The molecule has 0 atom stereocenters. The molecule has 1 aromatic heterocycles. The van der Waals surface area contributed by atoms with Crippen LogP contribution in [0.5, 0.6) is 0 Å². The predicted molar refractivity (Wildman–Crippen MR) is 70.6 cm³/mol. The second-order valence-electron chi connectivity index (χ2n) is 5.00. The lowest BCUT2D eigenvalue weighted by atomic mass is 9.95. The van der Waals surface area contributed by atoms with Gasteiger partial charge in [-0.25, -0.2) is 4.98 Å². The van der Waals surface area contributed by atoms with E-state index in [-0.39, 0.29) is 11.8 Å². The van der Waals surface area contributed by atoms with Gasteiger partial charge in [0.15, 0.2) is 0 Å². The second-order valence-corrected chi connectivity index (χ2v) is 5.00. The number of primary amides is 1. The summed E-state index contributed by atoms with van der Waals surface area (Å²) in [5.74, 6) is 0.912. The van der Waals surface area contributed by atoms with Crippen LogP contribution >= 0.6 is 0 Å². The monoisotopic (exact) mass is 246 g/mol. The summed E-state index contributed by atoms with van der Waals surface area (Å²) in [6.45, 7) is 2.78. The highest BCUT2D eigenvalue weighted by molar-refractivity contribution is 5.77. The van der Waals surface area contributed by atoms with Gasteiger partial charge in [-0.2, -0.15) is 0 Å². The first-order chi connectivity index (χ1) is 8.75. The predicted octanol–water partition coefficient (Wildman–Crippen LogP) is 0.751. The smallest absolute Gasteiger partial charge is 0.220 e. The molecule has 1 aromatic rings. The lowest BCUT2D eigenvalue weighted by Crippen LogP contribution is -2.38. The Morgan fingerprint density at radius 1 is 1.44 bits per heavy atom. The van der Waals surface area contributed by atoms with Crippen molar-refractivity contribution in [3.05, 3.63) is 17.8 Å². The van der Waals surface area contributed by atoms with E-state index in [9.17, 15) is 4.79 Å². The normalized spacial score (nSPS) is 19.4. The van der Waals surface area contributed by atoms with E-state index >= 15 is 0 Å². The molecule has 96 valence electrons. The molecule has 18 heavy (non-hydrogen) atoms. The molecule has 1 saturated heterocycles. The maximum absolute atomic E-state index is 11.2. The molecule has 2 aliphatic rings. The summed E-state index contributed by atoms with van der Waals surface area (Å²) in [5, 5.41) is 3.29. The van der Waals surface area contributed by atoms with Crippen molar-refractivity contribution in [3.8, 4) is 0 Å². The van der Waals surface area contributed by atoms with Gasteiger partial charge >= 0.3 is 0 Å². The van der Waals surface area contributed by atoms with Crippen LogP contribution in [0.2, 0.25) is 0 Å². The zero-order valence-electron chi connectivity index (χ0n) is 10.4. The third-order valence-corrected chi connectivity index (χ3v) is 3.94. The minimum absolute atomic E-state index is 0.0502. The van der Waals surface area contributed by atoms with Crippen LogP contribution in [0.25, 0.3) is 0 Å². The Morgan fingerprint density at radius 2 is 2.22 bits per heavy atom. The highest BCUT2D eigenvalue weighted by Crippen LogP contribution is 2.32. The number of nitrogens with one attached hydrogen (secondary N) is 1. The van der Waals surface area contributed by atoms with Crippen LogP contribution in [-0.4, -0.2) is 30.5 Å². The fourth-order valence-corrected chi connectivity index (χ4v) is 2.89. The van der Waals surface area contributed by atoms with Crippen LogP contribution in [0.1, 0.15) is 18.4 Å². The van der Waals surface area contributed by atoms with E-state index in [4.69, 9.17) is 5.73 Å². The summed E-state index contributed by atoms with van der Waals surface area (Å²) < 4.78 is 0. The molecule has 3 N–H and O–H groups in total. The minimum atomic E-state index is -0.156. The number of fused-ring (bicyclic) bond motifs is 1. The largest absolute Gasteiger partial charge is 0.371 e. The maximum atomic E-state index is 11.2. The average Bonchev–Trinajstić information content (AvgIpc) is 2.87. The van der Waals surface area contributed by atoms with Gasteiger partial charge in [-0.15, -0.1) is 0 Å². The Labute approximate surface area is 106 Å². The zero-order valence-corrected chi connectivity index (χ0v) is 10.4. The molecule has 0 aliphatic carbocycles. The first kappa shape index (κ1) is 11.3. The van der Waals surface area contributed by atoms with E-state index < -0.39 is 0 Å². The molecule has 0 radical (unpaired) electrons. The van der Waals surface area contributed by atoms with E-state index in [1.165, 1.54) is 11.3 Å². The van der Waals surface area contributed by atoms with Crippen molar-refractivity contribution in [2.45, 2.75) is 19.3 Å². The number of carbonyl (C=O) groups is 1. The Hall–Kier alpha value is -1.78. The summed E-state index contributed by atoms with van der Waals surface area (Å²) in [6.07, 6.45) is 4.61. The third-order valence-electron chi connectivity index (χ3n) is 3.94. The standard InChI is InChI=1S/C13H18N4O/c14-12(18)9-3-7-17(8-4-9)11-2-6-16-13-10(11)1-5-15-13/h2,6,9H,1,3-5,7-8H2,(H2,14,18)(H,15,16). The number of anilines is 2. The summed E-state index contributed by atoms with van der Waals surface area (Å²) in [6, 6.07) is 2.08. The quantitative estimate of drug-likeness (QED) is 0.808. The van der Waals surface area contributed by atoms with Crippen molar-refractivity contribution >= 4 is 17.4 Å². The molecule has 1 fully saturated rings. The number of hydrogen-bond donors (Lipinski definition) is 2. The number of aromatic nitrogens is 1. The van der Waals surface area contributed by atoms with E-state index in [0.717, 1.165) is 44.7 Å². The molecule has 0 saturated carbocycles. The Kier molecular flexibility index (Phi) is 2.81. The molecule has 5 heteroatoms. The minimum Gasteiger partial charge on any atom is -0.371 e. The van der Waals surface area contributed by atoms with E-state index in [1.807, 2.05) is 6.20 Å². The third kappa shape index (κ3) is 1.89. The average molecular weight is 246 g/mol. The van der Waals surface area contributed by atoms with E-state index in [0.29, 0.717) is 0 Å². The van der Waals surface area contributed by atoms with Crippen molar-refractivity contribution in [2.24, 2.45) is 11.7 Å². The summed E-state index contributed by atoms with van der Waals surface area (Å²) in [7, 11) is 0. The number of nitrogens with two attached hydrogens (primary N) is 1. The molecule has 0 aromatic carbocycles. The van der Waals surface area contributed by atoms with E-state index in [2.05, 4.69) is 21.3 Å². The summed E-state index contributed by atoms with van der Waals surface area (Å²) in [5.41, 5.74) is 7.95. The van der Waals surface area contributed by atoms with Gasteiger partial charge in [0.25, 0.3) is 0 Å². The number of hydrogen-bond acceptors (Lipinski definition) is 4. The van der Waals surface area contributed by atoms with Gasteiger partial charge in [0.1, 0.15) is 5.82 Å². The van der Waals surface area contributed by atoms with Gasteiger partial charge in [0.2, 0.25) is 5.91 Å². The zero-order chi connectivity index (χ0) is 12.5. The number of carbonyl (C=O) groups excluding carboxylic acids is 1. The van der Waals surface area contributed by atoms with Crippen molar-refractivity contribution in [1.82, 2.24) is 4.98 Å². The molecule has 2 aliphatic heterocycles. The molecule has 1 amide bonds. The van der Waals surface area contributed by atoms with Crippen molar-refractivity contribution < 1.29 is 4.79 Å². The number of nitrogens with zero attached hydrogens (tertiary/aromatic N) is 2. The van der Waals surface area contributed by atoms with Crippen molar-refractivity contribution in [3.63, 3.8) is 0 Å². The van der Waals surface area contributed by atoms with Crippen molar-refractivity contribution in [1.29, 1.82) is 0 Å². The van der Waals surface area contributed by atoms with Gasteiger partial charge in [-0.3, -0.25) is 4.79 Å². The fourth-order valence-electron chi connectivity index (χ4n) is 2.89. The molecular formula is C13H18N4O. The highest BCUT2D eigenvalue weighted by Gasteiger charge is 2.26. The number of piperidine rings is 1. The Morgan fingerprint density at radius 3 is 2.94 bits per heavy atom. The molecule has 3 heterocycles. The van der Waals surface area contributed by atoms with Crippen LogP contribution in [0.4, 0.5) is 11.5 Å². The number of pyridine rings is 1.